The van der Waals surface area contributed by atoms with Gasteiger partial charge in [-0.3, -0.25) is 14.7 Å². The van der Waals surface area contributed by atoms with Crippen molar-refractivity contribution >= 4 is 11.7 Å². The normalized spacial score (nSPS) is 24.6. The van der Waals surface area contributed by atoms with Gasteiger partial charge in [-0.05, 0) is 0 Å². The number of nitrogens with zero attached hydrogens (tertiary/aromatic N) is 2. The number of carbonyl (C=O) groups is 1. The SMILES string of the molecule is O=C1CNCC2=NCCN12. The summed E-state index contributed by atoms with van der Waals surface area (Å²) in [4.78, 5) is 17.0. The smallest absolute Gasteiger partial charge is 0.241 e. The average molecular weight is 139 g/mol. The van der Waals surface area contributed by atoms with Gasteiger partial charge in [0.05, 0.1) is 19.6 Å². The molecule has 1 amide bonds. The molecule has 10 heavy (non-hydrogen) atoms. The number of piperazine rings is 1. The lowest BCUT2D eigenvalue weighted by Gasteiger charge is -2.23. The molecule has 0 aromatic heterocycles. The summed E-state index contributed by atoms with van der Waals surface area (Å²) in [5, 5.41) is 2.98. The molecule has 4 heteroatoms. The van der Waals surface area contributed by atoms with Gasteiger partial charge in [-0.15, -0.1) is 0 Å². The maximum atomic E-state index is 11.1. The van der Waals surface area contributed by atoms with E-state index in [4.69, 9.17) is 0 Å². The fourth-order valence-electron chi connectivity index (χ4n) is 1.29. The molecule has 1 N–H and O–H groups in total. The molecule has 0 unspecified atom stereocenters. The lowest BCUT2D eigenvalue weighted by molar-refractivity contribution is -0.126. The minimum Gasteiger partial charge on any atom is -0.301 e. The maximum absolute atomic E-state index is 11.1. The van der Waals surface area contributed by atoms with E-state index in [1.54, 1.807) is 4.90 Å². The molecular weight excluding hydrogens is 130 g/mol. The quantitative estimate of drug-likeness (QED) is 0.459. The second-order valence-corrected chi connectivity index (χ2v) is 2.45. The van der Waals surface area contributed by atoms with E-state index >= 15 is 0 Å². The van der Waals surface area contributed by atoms with Gasteiger partial charge in [-0.2, -0.15) is 0 Å². The average Bonchev–Trinajstić information content (AvgIpc) is 2.36. The summed E-state index contributed by atoms with van der Waals surface area (Å²) in [6.07, 6.45) is 0. The summed E-state index contributed by atoms with van der Waals surface area (Å²) >= 11 is 0. The van der Waals surface area contributed by atoms with Crippen molar-refractivity contribution in [3.63, 3.8) is 0 Å². The molecule has 0 spiro atoms. The summed E-state index contributed by atoms with van der Waals surface area (Å²) in [5.74, 6) is 1.07. The monoisotopic (exact) mass is 139 g/mol. The fraction of sp³-hybridized carbons (Fsp3) is 0.667. The molecule has 0 aromatic carbocycles. The molecule has 0 bridgehead atoms. The number of amides is 1. The first-order chi connectivity index (χ1) is 4.88. The second kappa shape index (κ2) is 2.05. The standard InChI is InChI=1S/C6H9N3O/c10-6-4-7-3-5-8-1-2-9(5)6/h7H,1-4H2. The van der Waals surface area contributed by atoms with E-state index < -0.39 is 0 Å². The van der Waals surface area contributed by atoms with E-state index in [-0.39, 0.29) is 5.91 Å². The number of hydrogen-bond acceptors (Lipinski definition) is 3. The van der Waals surface area contributed by atoms with Crippen LogP contribution in [0.4, 0.5) is 0 Å². The first kappa shape index (κ1) is 5.85. The molecule has 0 atom stereocenters. The Hall–Kier alpha value is -0.900. The number of fused-ring (bicyclic) bond motifs is 1. The number of hydrogen-bond donors (Lipinski definition) is 1. The Morgan fingerprint density at radius 1 is 1.50 bits per heavy atom. The molecule has 0 aromatic rings. The van der Waals surface area contributed by atoms with Crippen molar-refractivity contribution in [1.29, 1.82) is 0 Å². The van der Waals surface area contributed by atoms with Crippen molar-refractivity contribution in [3.8, 4) is 0 Å². The predicted octanol–water partition coefficient (Wildman–Crippen LogP) is -1.17. The van der Waals surface area contributed by atoms with Gasteiger partial charge in [0.25, 0.3) is 0 Å². The summed E-state index contributed by atoms with van der Waals surface area (Å²) in [7, 11) is 0. The number of aliphatic imine (C=N–C) groups is 1. The molecule has 2 rings (SSSR count). The van der Waals surface area contributed by atoms with E-state index in [9.17, 15) is 4.79 Å². The molecule has 1 fully saturated rings. The van der Waals surface area contributed by atoms with Gasteiger partial charge in [0.2, 0.25) is 5.91 Å². The summed E-state index contributed by atoms with van der Waals surface area (Å²) in [6, 6.07) is 0. The van der Waals surface area contributed by atoms with Crippen LogP contribution in [0.5, 0.6) is 0 Å². The van der Waals surface area contributed by atoms with Gasteiger partial charge in [0, 0.05) is 6.54 Å². The molecule has 2 heterocycles. The molecule has 4 nitrogen and oxygen atoms in total. The van der Waals surface area contributed by atoms with Crippen LogP contribution in [0.3, 0.4) is 0 Å². The summed E-state index contributed by atoms with van der Waals surface area (Å²) in [5.41, 5.74) is 0. The molecule has 1 saturated heterocycles. The van der Waals surface area contributed by atoms with E-state index in [0.29, 0.717) is 6.54 Å². The first-order valence-electron chi connectivity index (χ1n) is 3.42. The minimum absolute atomic E-state index is 0.155. The number of rotatable bonds is 0. The molecular formula is C6H9N3O. The van der Waals surface area contributed by atoms with Crippen LogP contribution in [-0.4, -0.2) is 42.8 Å². The number of amidine groups is 1. The van der Waals surface area contributed by atoms with Gasteiger partial charge in [-0.1, -0.05) is 0 Å². The molecule has 0 saturated carbocycles. The Bertz CT molecular complexity index is 199. The second-order valence-electron chi connectivity index (χ2n) is 2.45. The van der Waals surface area contributed by atoms with E-state index in [0.717, 1.165) is 25.5 Å². The van der Waals surface area contributed by atoms with Crippen LogP contribution in [0.2, 0.25) is 0 Å². The van der Waals surface area contributed by atoms with E-state index in [1.807, 2.05) is 0 Å². The van der Waals surface area contributed by atoms with Crippen molar-refractivity contribution in [1.82, 2.24) is 10.2 Å². The van der Waals surface area contributed by atoms with Crippen LogP contribution in [-0.2, 0) is 4.79 Å². The number of carbonyl (C=O) groups excluding carboxylic acids is 1. The van der Waals surface area contributed by atoms with Crippen LogP contribution in [0.1, 0.15) is 0 Å². The van der Waals surface area contributed by atoms with Crippen molar-refractivity contribution in [3.05, 3.63) is 0 Å². The molecule has 0 aliphatic carbocycles. The number of nitrogens with one attached hydrogen (secondary N) is 1. The Morgan fingerprint density at radius 2 is 2.40 bits per heavy atom. The third kappa shape index (κ3) is 0.724. The van der Waals surface area contributed by atoms with Crippen molar-refractivity contribution in [2.45, 2.75) is 0 Å². The van der Waals surface area contributed by atoms with Crippen LogP contribution < -0.4 is 5.32 Å². The van der Waals surface area contributed by atoms with Gasteiger partial charge < -0.3 is 5.32 Å². The van der Waals surface area contributed by atoms with Crippen LogP contribution >= 0.6 is 0 Å². The topological polar surface area (TPSA) is 44.7 Å². The zero-order chi connectivity index (χ0) is 6.97. The molecule has 2 aliphatic rings. The highest BCUT2D eigenvalue weighted by Crippen LogP contribution is 2.03. The Morgan fingerprint density at radius 3 is 3.20 bits per heavy atom. The first-order valence-corrected chi connectivity index (χ1v) is 3.42. The minimum atomic E-state index is 0.155. The van der Waals surface area contributed by atoms with Crippen molar-refractivity contribution < 1.29 is 4.79 Å². The lowest BCUT2D eigenvalue weighted by Crippen LogP contribution is -2.50. The fourth-order valence-corrected chi connectivity index (χ4v) is 1.29. The van der Waals surface area contributed by atoms with Crippen molar-refractivity contribution in [2.24, 2.45) is 4.99 Å². The van der Waals surface area contributed by atoms with Crippen molar-refractivity contribution in [2.75, 3.05) is 26.2 Å². The third-order valence-corrected chi connectivity index (χ3v) is 1.79. The molecule has 2 aliphatic heterocycles. The van der Waals surface area contributed by atoms with E-state index in [1.165, 1.54) is 0 Å². The largest absolute Gasteiger partial charge is 0.301 e. The zero-order valence-corrected chi connectivity index (χ0v) is 5.63. The Balaban J connectivity index is 2.21. The Kier molecular flexibility index (Phi) is 1.20. The zero-order valence-electron chi connectivity index (χ0n) is 5.63. The molecule has 54 valence electrons. The van der Waals surface area contributed by atoms with E-state index in [2.05, 4.69) is 10.3 Å². The Labute approximate surface area is 58.9 Å². The van der Waals surface area contributed by atoms with Gasteiger partial charge in [0.1, 0.15) is 5.84 Å². The molecule has 0 radical (unpaired) electrons. The summed E-state index contributed by atoms with van der Waals surface area (Å²) in [6.45, 7) is 2.80. The van der Waals surface area contributed by atoms with Crippen LogP contribution in [0, 0.1) is 0 Å². The van der Waals surface area contributed by atoms with Gasteiger partial charge >= 0.3 is 0 Å². The van der Waals surface area contributed by atoms with Gasteiger partial charge in [0.15, 0.2) is 0 Å². The summed E-state index contributed by atoms with van der Waals surface area (Å²) < 4.78 is 0. The van der Waals surface area contributed by atoms with Gasteiger partial charge in [-0.25, -0.2) is 0 Å². The highest BCUT2D eigenvalue weighted by Gasteiger charge is 2.26. The predicted molar refractivity (Wildman–Crippen MR) is 36.9 cm³/mol. The lowest BCUT2D eigenvalue weighted by atomic mass is 10.3. The third-order valence-electron chi connectivity index (χ3n) is 1.79. The van der Waals surface area contributed by atoms with Crippen LogP contribution in [0.15, 0.2) is 4.99 Å². The highest BCUT2D eigenvalue weighted by molar-refractivity contribution is 6.03. The highest BCUT2D eigenvalue weighted by atomic mass is 16.2. The van der Waals surface area contributed by atoms with Crippen LogP contribution in [0.25, 0.3) is 0 Å². The maximum Gasteiger partial charge on any atom is 0.241 e.